The highest BCUT2D eigenvalue weighted by Crippen LogP contribution is 2.29. The Kier molecular flexibility index (Phi) is 7.32. The zero-order valence-electron chi connectivity index (χ0n) is 17.4. The van der Waals surface area contributed by atoms with E-state index in [4.69, 9.17) is 0 Å². The number of carbonyl (C=O) groups is 2. The van der Waals surface area contributed by atoms with Crippen LogP contribution in [0.3, 0.4) is 0 Å². The molecule has 6 nitrogen and oxygen atoms in total. The molecule has 0 aliphatic carbocycles. The van der Waals surface area contributed by atoms with Crippen molar-refractivity contribution in [2.75, 3.05) is 31.5 Å². The molecule has 1 aliphatic rings. The normalized spacial score (nSPS) is 15.4. The molecule has 2 heterocycles. The van der Waals surface area contributed by atoms with Gasteiger partial charge in [0.15, 0.2) is 5.13 Å². The van der Waals surface area contributed by atoms with Crippen LogP contribution in [0.5, 0.6) is 0 Å². The number of piperazine rings is 1. The van der Waals surface area contributed by atoms with E-state index in [0.717, 1.165) is 17.7 Å². The highest BCUT2D eigenvalue weighted by atomic mass is 32.1. The zero-order valence-corrected chi connectivity index (χ0v) is 18.2. The highest BCUT2D eigenvalue weighted by Gasteiger charge is 2.30. The molecule has 168 valence electrons. The van der Waals surface area contributed by atoms with Crippen LogP contribution in [0.2, 0.25) is 0 Å². The molecule has 0 saturated carbocycles. The quantitative estimate of drug-likeness (QED) is 0.724. The molecular weight excluding hydrogens is 429 g/mol. The van der Waals surface area contributed by atoms with Crippen molar-refractivity contribution in [2.45, 2.75) is 33.0 Å². The van der Waals surface area contributed by atoms with E-state index >= 15 is 0 Å². The van der Waals surface area contributed by atoms with Crippen LogP contribution in [0.15, 0.2) is 29.6 Å². The number of nitrogens with one attached hydrogen (secondary N) is 1. The second kappa shape index (κ2) is 9.78. The van der Waals surface area contributed by atoms with Gasteiger partial charge in [0.25, 0.3) is 0 Å². The van der Waals surface area contributed by atoms with Gasteiger partial charge in [-0.25, -0.2) is 4.98 Å². The maximum absolute atomic E-state index is 12.7. The Hall–Kier alpha value is -2.46. The first kappa shape index (κ1) is 23.2. The third-order valence-corrected chi connectivity index (χ3v) is 5.86. The molecule has 0 bridgehead atoms. The first-order valence-electron chi connectivity index (χ1n) is 10.0. The lowest BCUT2D eigenvalue weighted by Crippen LogP contribution is -2.48. The molecule has 10 heteroatoms. The largest absolute Gasteiger partial charge is 0.416 e. The molecule has 31 heavy (non-hydrogen) atoms. The minimum atomic E-state index is -4.33. The predicted octanol–water partition coefficient (Wildman–Crippen LogP) is 3.64. The maximum Gasteiger partial charge on any atom is 0.416 e. The van der Waals surface area contributed by atoms with E-state index in [1.165, 1.54) is 23.5 Å². The molecule has 1 N–H and O–H groups in total. The number of rotatable bonds is 6. The van der Waals surface area contributed by atoms with E-state index < -0.39 is 11.7 Å². The lowest BCUT2D eigenvalue weighted by molar-refractivity contribution is -0.137. The fourth-order valence-corrected chi connectivity index (χ4v) is 3.89. The van der Waals surface area contributed by atoms with Gasteiger partial charge in [0.1, 0.15) is 0 Å². The number of halogens is 3. The summed E-state index contributed by atoms with van der Waals surface area (Å²) in [5.74, 6) is -0.287. The smallest absolute Gasteiger partial charge is 0.340 e. The van der Waals surface area contributed by atoms with Crippen molar-refractivity contribution in [1.82, 2.24) is 14.8 Å². The SMILES string of the molecule is CC(C)C(=O)Nc1nc(CC(=O)N2CCN(Cc3ccc(C(F)(F)F)cc3)CC2)cs1. The van der Waals surface area contributed by atoms with Gasteiger partial charge in [-0.05, 0) is 17.7 Å². The molecule has 0 atom stereocenters. The van der Waals surface area contributed by atoms with E-state index in [1.54, 1.807) is 24.1 Å². The van der Waals surface area contributed by atoms with Gasteiger partial charge in [-0.3, -0.25) is 14.5 Å². The molecule has 0 spiro atoms. The summed E-state index contributed by atoms with van der Waals surface area (Å²) in [4.78, 5) is 32.5. The molecule has 2 aromatic rings. The molecule has 1 aromatic heterocycles. The fraction of sp³-hybridized carbons (Fsp3) is 0.476. The Labute approximate surface area is 183 Å². The topological polar surface area (TPSA) is 65.5 Å². The van der Waals surface area contributed by atoms with Gasteiger partial charge >= 0.3 is 6.18 Å². The number of carbonyl (C=O) groups excluding carboxylic acids is 2. The van der Waals surface area contributed by atoms with Crippen LogP contribution in [0, 0.1) is 5.92 Å². The van der Waals surface area contributed by atoms with Gasteiger partial charge in [0.2, 0.25) is 11.8 Å². The number of nitrogens with zero attached hydrogens (tertiary/aromatic N) is 3. The summed E-state index contributed by atoms with van der Waals surface area (Å²) < 4.78 is 38.0. The van der Waals surface area contributed by atoms with Crippen molar-refractivity contribution in [2.24, 2.45) is 5.92 Å². The summed E-state index contributed by atoms with van der Waals surface area (Å²) in [7, 11) is 0. The Morgan fingerprint density at radius 1 is 1.13 bits per heavy atom. The molecule has 1 fully saturated rings. The summed E-state index contributed by atoms with van der Waals surface area (Å²) >= 11 is 1.30. The summed E-state index contributed by atoms with van der Waals surface area (Å²) in [5.41, 5.74) is 0.785. The van der Waals surface area contributed by atoms with E-state index in [-0.39, 0.29) is 24.2 Å². The van der Waals surface area contributed by atoms with Gasteiger partial charge in [-0.2, -0.15) is 13.2 Å². The van der Waals surface area contributed by atoms with Crippen molar-refractivity contribution in [3.63, 3.8) is 0 Å². The Balaban J connectivity index is 1.45. The molecule has 2 amide bonds. The average Bonchev–Trinajstić information content (AvgIpc) is 3.14. The number of alkyl halides is 3. The van der Waals surface area contributed by atoms with Crippen molar-refractivity contribution in [1.29, 1.82) is 0 Å². The van der Waals surface area contributed by atoms with Crippen molar-refractivity contribution < 1.29 is 22.8 Å². The van der Waals surface area contributed by atoms with Crippen molar-refractivity contribution in [3.05, 3.63) is 46.5 Å². The van der Waals surface area contributed by atoms with Crippen LogP contribution >= 0.6 is 11.3 Å². The first-order valence-corrected chi connectivity index (χ1v) is 10.9. The molecular formula is C21H25F3N4O2S. The molecule has 1 aromatic carbocycles. The second-order valence-corrected chi connectivity index (χ2v) is 8.67. The van der Waals surface area contributed by atoms with E-state index in [9.17, 15) is 22.8 Å². The van der Waals surface area contributed by atoms with Crippen LogP contribution < -0.4 is 5.32 Å². The van der Waals surface area contributed by atoms with Crippen LogP contribution in [-0.2, 0) is 28.7 Å². The Morgan fingerprint density at radius 2 is 1.77 bits per heavy atom. The van der Waals surface area contributed by atoms with E-state index in [0.29, 0.717) is 43.5 Å². The fourth-order valence-electron chi connectivity index (χ4n) is 3.17. The van der Waals surface area contributed by atoms with Crippen molar-refractivity contribution in [3.8, 4) is 0 Å². The number of benzene rings is 1. The molecule has 1 saturated heterocycles. The zero-order chi connectivity index (χ0) is 22.6. The summed E-state index contributed by atoms with van der Waals surface area (Å²) in [6.45, 7) is 6.56. The van der Waals surface area contributed by atoms with Gasteiger partial charge < -0.3 is 10.2 Å². The van der Waals surface area contributed by atoms with Gasteiger partial charge in [0, 0.05) is 44.0 Å². The number of hydrogen-bond acceptors (Lipinski definition) is 5. The Morgan fingerprint density at radius 3 is 2.35 bits per heavy atom. The van der Waals surface area contributed by atoms with Crippen LogP contribution in [0.4, 0.5) is 18.3 Å². The van der Waals surface area contributed by atoms with Gasteiger partial charge in [0.05, 0.1) is 17.7 Å². The summed E-state index contributed by atoms with van der Waals surface area (Å²) in [5, 5.41) is 4.99. The maximum atomic E-state index is 12.7. The van der Waals surface area contributed by atoms with Crippen molar-refractivity contribution >= 4 is 28.3 Å². The number of aromatic nitrogens is 1. The third-order valence-electron chi connectivity index (χ3n) is 5.05. The molecule has 0 radical (unpaired) electrons. The summed E-state index contributed by atoms with van der Waals surface area (Å²) in [6.07, 6.45) is -4.16. The number of anilines is 1. The number of hydrogen-bond donors (Lipinski definition) is 1. The standard InChI is InChI=1S/C21H25F3N4O2S/c1-14(2)19(30)26-20-25-17(13-31-20)11-18(29)28-9-7-27(8-10-28)12-15-3-5-16(6-4-15)21(22,23)24/h3-6,13-14H,7-12H2,1-2H3,(H,25,26,30). The van der Waals surface area contributed by atoms with Crippen LogP contribution in [0.1, 0.15) is 30.7 Å². The lowest BCUT2D eigenvalue weighted by Gasteiger charge is -2.34. The highest BCUT2D eigenvalue weighted by molar-refractivity contribution is 7.13. The number of thiazole rings is 1. The second-order valence-electron chi connectivity index (χ2n) is 7.82. The van der Waals surface area contributed by atoms with E-state index in [2.05, 4.69) is 15.2 Å². The lowest BCUT2D eigenvalue weighted by atomic mass is 10.1. The van der Waals surface area contributed by atoms with Crippen LogP contribution in [-0.4, -0.2) is 52.8 Å². The first-order chi connectivity index (χ1) is 14.6. The Bertz CT molecular complexity index is 904. The van der Waals surface area contributed by atoms with E-state index in [1.807, 2.05) is 0 Å². The average molecular weight is 455 g/mol. The number of amides is 2. The predicted molar refractivity (Wildman–Crippen MR) is 113 cm³/mol. The molecule has 1 aliphatic heterocycles. The molecule has 3 rings (SSSR count). The third kappa shape index (κ3) is 6.51. The molecule has 0 unspecified atom stereocenters. The monoisotopic (exact) mass is 454 g/mol. The minimum Gasteiger partial charge on any atom is -0.340 e. The van der Waals surface area contributed by atoms with Crippen LogP contribution in [0.25, 0.3) is 0 Å². The summed E-state index contributed by atoms with van der Waals surface area (Å²) in [6, 6.07) is 5.19. The van der Waals surface area contributed by atoms with Gasteiger partial charge in [-0.1, -0.05) is 26.0 Å². The minimum absolute atomic E-state index is 0.0267. The van der Waals surface area contributed by atoms with Gasteiger partial charge in [-0.15, -0.1) is 11.3 Å².